The standard InChI is InChI=1S/C16H18N2O3/c1-20-14-9-7-13(8-10-14)18-16(19)17-11-12-5-3-4-6-15(12)21-2/h3-10H,11H2,1-2H3,(H2,17,18,19). The Morgan fingerprint density at radius 1 is 1.00 bits per heavy atom. The van der Waals surface area contributed by atoms with E-state index in [1.54, 1.807) is 38.5 Å². The third kappa shape index (κ3) is 4.14. The first kappa shape index (κ1) is 14.7. The number of anilines is 1. The maximum Gasteiger partial charge on any atom is 0.319 e. The first-order valence-electron chi connectivity index (χ1n) is 6.53. The number of urea groups is 1. The molecule has 2 aromatic rings. The van der Waals surface area contributed by atoms with Crippen LogP contribution < -0.4 is 20.1 Å². The molecule has 0 saturated heterocycles. The van der Waals surface area contributed by atoms with Gasteiger partial charge in [0.25, 0.3) is 0 Å². The quantitative estimate of drug-likeness (QED) is 0.888. The smallest absolute Gasteiger partial charge is 0.319 e. The molecule has 0 bridgehead atoms. The molecule has 0 heterocycles. The Bertz CT molecular complexity index is 597. The number of carbonyl (C=O) groups excluding carboxylic acids is 1. The monoisotopic (exact) mass is 286 g/mol. The van der Waals surface area contributed by atoms with Crippen LogP contribution in [0.2, 0.25) is 0 Å². The number of para-hydroxylation sites is 1. The predicted molar refractivity (Wildman–Crippen MR) is 81.8 cm³/mol. The van der Waals surface area contributed by atoms with Crippen molar-refractivity contribution in [2.24, 2.45) is 0 Å². The fourth-order valence-corrected chi connectivity index (χ4v) is 1.87. The van der Waals surface area contributed by atoms with Gasteiger partial charge in [0, 0.05) is 17.8 Å². The average Bonchev–Trinajstić information content (AvgIpc) is 2.54. The van der Waals surface area contributed by atoms with E-state index in [2.05, 4.69) is 10.6 Å². The van der Waals surface area contributed by atoms with E-state index in [4.69, 9.17) is 9.47 Å². The number of ether oxygens (including phenoxy) is 2. The lowest BCUT2D eigenvalue weighted by molar-refractivity contribution is 0.251. The molecule has 2 rings (SSSR count). The van der Waals surface area contributed by atoms with Crippen LogP contribution in [0.3, 0.4) is 0 Å². The van der Waals surface area contributed by atoms with Crippen LogP contribution in [0, 0.1) is 0 Å². The van der Waals surface area contributed by atoms with Gasteiger partial charge in [-0.25, -0.2) is 4.79 Å². The molecule has 21 heavy (non-hydrogen) atoms. The molecule has 0 saturated carbocycles. The van der Waals surface area contributed by atoms with E-state index in [-0.39, 0.29) is 6.03 Å². The Morgan fingerprint density at radius 3 is 2.38 bits per heavy atom. The van der Waals surface area contributed by atoms with E-state index >= 15 is 0 Å². The Kier molecular flexibility index (Phi) is 5.04. The van der Waals surface area contributed by atoms with Crippen LogP contribution in [0.15, 0.2) is 48.5 Å². The molecule has 0 spiro atoms. The van der Waals surface area contributed by atoms with E-state index in [0.29, 0.717) is 12.2 Å². The van der Waals surface area contributed by atoms with Gasteiger partial charge in [0.15, 0.2) is 0 Å². The largest absolute Gasteiger partial charge is 0.497 e. The van der Waals surface area contributed by atoms with E-state index in [1.807, 2.05) is 24.3 Å². The van der Waals surface area contributed by atoms with Gasteiger partial charge < -0.3 is 20.1 Å². The highest BCUT2D eigenvalue weighted by Gasteiger charge is 2.05. The second-order valence-electron chi connectivity index (χ2n) is 4.35. The average molecular weight is 286 g/mol. The summed E-state index contributed by atoms with van der Waals surface area (Å²) >= 11 is 0. The zero-order valence-corrected chi connectivity index (χ0v) is 12.1. The van der Waals surface area contributed by atoms with Crippen LogP contribution in [0.4, 0.5) is 10.5 Å². The molecule has 2 aromatic carbocycles. The first-order chi connectivity index (χ1) is 10.2. The Hall–Kier alpha value is -2.69. The number of benzene rings is 2. The molecule has 0 fully saturated rings. The first-order valence-corrected chi connectivity index (χ1v) is 6.53. The lowest BCUT2D eigenvalue weighted by atomic mass is 10.2. The lowest BCUT2D eigenvalue weighted by Gasteiger charge is -2.10. The summed E-state index contributed by atoms with van der Waals surface area (Å²) in [6, 6.07) is 14.4. The molecular formula is C16H18N2O3. The van der Waals surface area contributed by atoms with Crippen molar-refractivity contribution in [1.29, 1.82) is 0 Å². The topological polar surface area (TPSA) is 59.6 Å². The summed E-state index contributed by atoms with van der Waals surface area (Å²) in [5.74, 6) is 1.50. The molecule has 0 aliphatic rings. The van der Waals surface area contributed by atoms with Crippen molar-refractivity contribution in [2.75, 3.05) is 19.5 Å². The molecule has 5 heteroatoms. The summed E-state index contributed by atoms with van der Waals surface area (Å²) < 4.78 is 10.3. The van der Waals surface area contributed by atoms with Crippen molar-refractivity contribution >= 4 is 11.7 Å². The zero-order valence-electron chi connectivity index (χ0n) is 12.1. The third-order valence-corrected chi connectivity index (χ3v) is 2.98. The Labute approximate surface area is 123 Å². The van der Waals surface area contributed by atoms with Crippen molar-refractivity contribution in [3.8, 4) is 11.5 Å². The van der Waals surface area contributed by atoms with Gasteiger partial charge in [0.2, 0.25) is 0 Å². The molecule has 0 atom stereocenters. The number of amides is 2. The van der Waals surface area contributed by atoms with Crippen molar-refractivity contribution in [2.45, 2.75) is 6.54 Å². The lowest BCUT2D eigenvalue weighted by Crippen LogP contribution is -2.28. The predicted octanol–water partition coefficient (Wildman–Crippen LogP) is 3.03. The highest BCUT2D eigenvalue weighted by Crippen LogP contribution is 2.17. The minimum absolute atomic E-state index is 0.272. The number of hydrogen-bond donors (Lipinski definition) is 2. The van der Waals surface area contributed by atoms with Crippen LogP contribution in [-0.4, -0.2) is 20.3 Å². The normalized spacial score (nSPS) is 9.81. The molecule has 0 aliphatic heterocycles. The fraction of sp³-hybridized carbons (Fsp3) is 0.188. The van der Waals surface area contributed by atoms with E-state index in [1.165, 1.54) is 0 Å². The fourth-order valence-electron chi connectivity index (χ4n) is 1.87. The summed E-state index contributed by atoms with van der Waals surface area (Å²) in [5.41, 5.74) is 1.62. The zero-order chi connectivity index (χ0) is 15.1. The van der Waals surface area contributed by atoms with Gasteiger partial charge in [0.05, 0.1) is 14.2 Å². The number of nitrogens with one attached hydrogen (secondary N) is 2. The maximum atomic E-state index is 11.8. The SMILES string of the molecule is COc1ccc(NC(=O)NCc2ccccc2OC)cc1. The second kappa shape index (κ2) is 7.19. The van der Waals surface area contributed by atoms with Gasteiger partial charge in [-0.1, -0.05) is 18.2 Å². The number of methoxy groups -OCH3 is 2. The molecule has 0 aliphatic carbocycles. The van der Waals surface area contributed by atoms with Crippen molar-refractivity contribution in [1.82, 2.24) is 5.32 Å². The highest BCUT2D eigenvalue weighted by atomic mass is 16.5. The van der Waals surface area contributed by atoms with E-state index in [9.17, 15) is 4.79 Å². The molecule has 2 N–H and O–H groups in total. The number of rotatable bonds is 5. The van der Waals surface area contributed by atoms with Crippen LogP contribution >= 0.6 is 0 Å². The van der Waals surface area contributed by atoms with Gasteiger partial charge in [0.1, 0.15) is 11.5 Å². The van der Waals surface area contributed by atoms with Crippen LogP contribution in [0.5, 0.6) is 11.5 Å². The number of hydrogen-bond acceptors (Lipinski definition) is 3. The summed E-state index contributed by atoms with van der Waals surface area (Å²) in [6.45, 7) is 0.395. The van der Waals surface area contributed by atoms with Crippen LogP contribution in [0.25, 0.3) is 0 Å². The van der Waals surface area contributed by atoms with Crippen molar-refractivity contribution < 1.29 is 14.3 Å². The third-order valence-electron chi connectivity index (χ3n) is 2.98. The summed E-state index contributed by atoms with van der Waals surface area (Å²) in [4.78, 5) is 11.8. The van der Waals surface area contributed by atoms with Gasteiger partial charge >= 0.3 is 6.03 Å². The van der Waals surface area contributed by atoms with E-state index < -0.39 is 0 Å². The molecule has 2 amide bonds. The molecular weight excluding hydrogens is 268 g/mol. The maximum absolute atomic E-state index is 11.8. The highest BCUT2D eigenvalue weighted by molar-refractivity contribution is 5.89. The summed E-state index contributed by atoms with van der Waals surface area (Å²) in [6.07, 6.45) is 0. The van der Waals surface area contributed by atoms with Crippen molar-refractivity contribution in [3.63, 3.8) is 0 Å². The van der Waals surface area contributed by atoms with Crippen LogP contribution in [-0.2, 0) is 6.54 Å². The van der Waals surface area contributed by atoms with Crippen molar-refractivity contribution in [3.05, 3.63) is 54.1 Å². The molecule has 0 unspecified atom stereocenters. The Balaban J connectivity index is 1.89. The molecule has 110 valence electrons. The minimum atomic E-state index is -0.272. The van der Waals surface area contributed by atoms with Gasteiger partial charge in [-0.15, -0.1) is 0 Å². The van der Waals surface area contributed by atoms with Gasteiger partial charge in [-0.05, 0) is 30.3 Å². The van der Waals surface area contributed by atoms with E-state index in [0.717, 1.165) is 17.1 Å². The molecule has 5 nitrogen and oxygen atoms in total. The molecule has 0 aromatic heterocycles. The number of carbonyl (C=O) groups is 1. The van der Waals surface area contributed by atoms with Gasteiger partial charge in [-0.3, -0.25) is 0 Å². The summed E-state index contributed by atoms with van der Waals surface area (Å²) in [5, 5.41) is 5.54. The van der Waals surface area contributed by atoms with Gasteiger partial charge in [-0.2, -0.15) is 0 Å². The summed E-state index contributed by atoms with van der Waals surface area (Å²) in [7, 11) is 3.21. The molecule has 0 radical (unpaired) electrons. The minimum Gasteiger partial charge on any atom is -0.497 e. The second-order valence-corrected chi connectivity index (χ2v) is 4.35. The van der Waals surface area contributed by atoms with Crippen LogP contribution in [0.1, 0.15) is 5.56 Å². The Morgan fingerprint density at radius 2 is 1.71 bits per heavy atom.